The average molecular weight is 481 g/mol. The number of rotatable bonds is 10. The van der Waals surface area contributed by atoms with E-state index in [0.29, 0.717) is 25.2 Å². The maximum atomic E-state index is 12.7. The number of fused-ring (bicyclic) bond motifs is 1. The predicted octanol–water partition coefficient (Wildman–Crippen LogP) is 3.53. The van der Waals surface area contributed by atoms with Crippen molar-refractivity contribution in [3.8, 4) is 11.5 Å². The molecule has 0 aliphatic carbocycles. The van der Waals surface area contributed by atoms with Gasteiger partial charge in [-0.15, -0.1) is 0 Å². The van der Waals surface area contributed by atoms with Gasteiger partial charge in [0.15, 0.2) is 0 Å². The molecule has 3 aromatic rings. The largest absolute Gasteiger partial charge is 0.497 e. The van der Waals surface area contributed by atoms with Gasteiger partial charge in [0, 0.05) is 30.0 Å². The summed E-state index contributed by atoms with van der Waals surface area (Å²) in [5, 5.41) is 10.5. The first-order valence-electron chi connectivity index (χ1n) is 11.0. The number of thioether (sulfide) groups is 1. The Morgan fingerprint density at radius 2 is 1.59 bits per heavy atom. The number of anilines is 1. The van der Waals surface area contributed by atoms with Crippen LogP contribution in [-0.4, -0.2) is 35.8 Å². The van der Waals surface area contributed by atoms with E-state index in [1.807, 2.05) is 48.5 Å². The zero-order valence-corrected chi connectivity index (χ0v) is 20.1. The normalized spacial score (nSPS) is 12.2. The summed E-state index contributed by atoms with van der Waals surface area (Å²) >= 11 is 1.75. The van der Waals surface area contributed by atoms with E-state index < -0.39 is 0 Å². The van der Waals surface area contributed by atoms with E-state index in [-0.39, 0.29) is 18.4 Å². The Kier molecular flexibility index (Phi) is 7.74. The molecule has 0 saturated heterocycles. The molecule has 1 aliphatic heterocycles. The smallest absolute Gasteiger partial charge is 0.242 e. The number of carbonyl (C=O) groups is 2. The summed E-state index contributed by atoms with van der Waals surface area (Å²) in [7, 11) is 3.24. The second-order valence-corrected chi connectivity index (χ2v) is 8.93. The van der Waals surface area contributed by atoms with Crippen LogP contribution in [0.4, 0.5) is 5.82 Å². The first kappa shape index (κ1) is 23.7. The van der Waals surface area contributed by atoms with E-state index in [9.17, 15) is 9.59 Å². The maximum Gasteiger partial charge on any atom is 0.242 e. The molecule has 0 radical (unpaired) electrons. The Morgan fingerprint density at radius 1 is 0.941 bits per heavy atom. The molecule has 34 heavy (non-hydrogen) atoms. The summed E-state index contributed by atoms with van der Waals surface area (Å²) in [5.41, 5.74) is 3.97. The van der Waals surface area contributed by atoms with Crippen molar-refractivity contribution in [2.75, 3.05) is 19.5 Å². The lowest BCUT2D eigenvalue weighted by Gasteiger charge is -2.12. The van der Waals surface area contributed by atoms with Crippen molar-refractivity contribution in [1.29, 1.82) is 0 Å². The van der Waals surface area contributed by atoms with E-state index in [1.165, 1.54) is 0 Å². The molecule has 9 heteroatoms. The van der Waals surface area contributed by atoms with Crippen molar-refractivity contribution in [2.24, 2.45) is 0 Å². The number of nitrogens with one attached hydrogen (secondary N) is 2. The highest BCUT2D eigenvalue weighted by atomic mass is 32.2. The number of amides is 2. The number of methoxy groups -OCH3 is 2. The van der Waals surface area contributed by atoms with Gasteiger partial charge in [0.25, 0.3) is 0 Å². The summed E-state index contributed by atoms with van der Waals surface area (Å²) in [5.74, 6) is 3.47. The van der Waals surface area contributed by atoms with Gasteiger partial charge < -0.3 is 20.1 Å². The summed E-state index contributed by atoms with van der Waals surface area (Å²) in [4.78, 5) is 25.3. The molecule has 8 nitrogen and oxygen atoms in total. The molecular formula is C25H28N4O4S. The maximum absolute atomic E-state index is 12.7. The molecule has 2 N–H and O–H groups in total. The fourth-order valence-corrected chi connectivity index (χ4v) is 4.74. The van der Waals surface area contributed by atoms with Crippen molar-refractivity contribution >= 4 is 29.4 Å². The lowest BCUT2D eigenvalue weighted by atomic mass is 10.1. The Hall–Kier alpha value is -3.46. The fourth-order valence-electron chi connectivity index (χ4n) is 3.70. The highest BCUT2D eigenvalue weighted by Gasteiger charge is 2.24. The number of aryl methyl sites for hydroxylation is 1. The number of carbonyl (C=O) groups excluding carboxylic acids is 2. The first-order chi connectivity index (χ1) is 16.6. The van der Waals surface area contributed by atoms with Crippen molar-refractivity contribution in [2.45, 2.75) is 37.4 Å². The minimum absolute atomic E-state index is 0.0436. The first-order valence-corrected chi connectivity index (χ1v) is 12.2. The van der Waals surface area contributed by atoms with Gasteiger partial charge in [-0.3, -0.25) is 9.59 Å². The predicted molar refractivity (Wildman–Crippen MR) is 132 cm³/mol. The molecule has 2 aromatic carbocycles. The SMILES string of the molecule is COc1ccc(CCC(=O)Nc2c3c(nn2CC(=O)NCc2ccc(OC)cc2)CSC3)cc1. The van der Waals surface area contributed by atoms with Crippen LogP contribution in [0.15, 0.2) is 48.5 Å². The van der Waals surface area contributed by atoms with Gasteiger partial charge in [-0.25, -0.2) is 4.68 Å². The quantitative estimate of drug-likeness (QED) is 0.461. The monoisotopic (exact) mass is 480 g/mol. The fraction of sp³-hybridized carbons (Fsp3) is 0.320. The summed E-state index contributed by atoms with van der Waals surface area (Å²) < 4.78 is 11.9. The van der Waals surface area contributed by atoms with Crippen molar-refractivity contribution in [1.82, 2.24) is 15.1 Å². The Morgan fingerprint density at radius 3 is 2.24 bits per heavy atom. The molecule has 178 valence electrons. The van der Waals surface area contributed by atoms with Gasteiger partial charge in [-0.2, -0.15) is 16.9 Å². The van der Waals surface area contributed by atoms with Crippen LogP contribution >= 0.6 is 11.8 Å². The topological polar surface area (TPSA) is 94.5 Å². The highest BCUT2D eigenvalue weighted by Crippen LogP contribution is 2.34. The molecule has 0 bridgehead atoms. The summed E-state index contributed by atoms with van der Waals surface area (Å²) in [6, 6.07) is 15.2. The summed E-state index contributed by atoms with van der Waals surface area (Å²) in [6.45, 7) is 0.450. The van der Waals surface area contributed by atoms with E-state index in [2.05, 4.69) is 15.7 Å². The van der Waals surface area contributed by atoms with Gasteiger partial charge in [0.2, 0.25) is 11.8 Å². The van der Waals surface area contributed by atoms with Crippen LogP contribution in [0.2, 0.25) is 0 Å². The molecule has 4 rings (SSSR count). The van der Waals surface area contributed by atoms with Gasteiger partial charge in [0.05, 0.1) is 19.9 Å². The summed E-state index contributed by atoms with van der Waals surface area (Å²) in [6.07, 6.45) is 0.951. The van der Waals surface area contributed by atoms with E-state index >= 15 is 0 Å². The van der Waals surface area contributed by atoms with Crippen molar-refractivity contribution in [3.63, 3.8) is 0 Å². The molecule has 0 fully saturated rings. The number of hydrogen-bond acceptors (Lipinski definition) is 6. The highest BCUT2D eigenvalue weighted by molar-refractivity contribution is 7.98. The van der Waals surface area contributed by atoms with Crippen LogP contribution in [0.5, 0.6) is 11.5 Å². The van der Waals surface area contributed by atoms with Crippen LogP contribution in [0, 0.1) is 0 Å². The third-order valence-corrected chi connectivity index (χ3v) is 6.59. The van der Waals surface area contributed by atoms with Crippen LogP contribution in [0.25, 0.3) is 0 Å². The molecule has 2 heterocycles. The lowest BCUT2D eigenvalue weighted by Crippen LogP contribution is -2.28. The number of nitrogens with zero attached hydrogens (tertiary/aromatic N) is 2. The number of benzene rings is 2. The Balaban J connectivity index is 1.35. The Labute approximate surface area is 203 Å². The molecule has 1 aromatic heterocycles. The second kappa shape index (κ2) is 11.1. The zero-order chi connectivity index (χ0) is 23.9. The number of ether oxygens (including phenoxy) is 2. The van der Waals surface area contributed by atoms with Crippen LogP contribution < -0.4 is 20.1 Å². The minimum Gasteiger partial charge on any atom is -0.497 e. The van der Waals surface area contributed by atoms with Crippen LogP contribution in [0.1, 0.15) is 28.8 Å². The standard InChI is InChI=1S/C25H28N4O4S/c1-32-19-8-3-17(4-9-19)7-12-23(30)27-25-21-15-34-16-22(21)28-29(25)14-24(31)26-13-18-5-10-20(33-2)11-6-18/h3-6,8-11H,7,12-16H2,1-2H3,(H,26,31)(H,27,30). The van der Waals surface area contributed by atoms with Gasteiger partial charge in [-0.1, -0.05) is 24.3 Å². The molecular weight excluding hydrogens is 452 g/mol. The van der Waals surface area contributed by atoms with Gasteiger partial charge in [-0.05, 0) is 41.8 Å². The van der Waals surface area contributed by atoms with Crippen molar-refractivity contribution in [3.05, 3.63) is 70.9 Å². The third-order valence-electron chi connectivity index (χ3n) is 5.62. The van der Waals surface area contributed by atoms with E-state index in [1.54, 1.807) is 30.7 Å². The Bertz CT molecular complexity index is 1140. The molecule has 0 spiro atoms. The zero-order valence-electron chi connectivity index (χ0n) is 19.3. The molecule has 0 unspecified atom stereocenters. The number of aromatic nitrogens is 2. The second-order valence-electron chi connectivity index (χ2n) is 7.95. The average Bonchev–Trinajstić information content (AvgIpc) is 3.44. The van der Waals surface area contributed by atoms with Gasteiger partial charge >= 0.3 is 0 Å². The third kappa shape index (κ3) is 5.91. The van der Waals surface area contributed by atoms with E-state index in [4.69, 9.17) is 9.47 Å². The number of hydrogen-bond donors (Lipinski definition) is 2. The lowest BCUT2D eigenvalue weighted by molar-refractivity contribution is -0.122. The van der Waals surface area contributed by atoms with E-state index in [0.717, 1.165) is 45.4 Å². The molecule has 2 amide bonds. The molecule has 0 atom stereocenters. The van der Waals surface area contributed by atoms with Crippen LogP contribution in [0.3, 0.4) is 0 Å². The minimum atomic E-state index is -0.168. The van der Waals surface area contributed by atoms with Crippen molar-refractivity contribution < 1.29 is 19.1 Å². The van der Waals surface area contributed by atoms with Crippen LogP contribution in [-0.2, 0) is 40.6 Å². The van der Waals surface area contributed by atoms with Gasteiger partial charge in [0.1, 0.15) is 23.9 Å². The molecule has 1 aliphatic rings. The molecule has 0 saturated carbocycles.